The van der Waals surface area contributed by atoms with Crippen LogP contribution < -0.4 is 15.4 Å². The molecule has 1 atom stereocenters. The Morgan fingerprint density at radius 1 is 0.702 bits per heavy atom. The van der Waals surface area contributed by atoms with Crippen molar-refractivity contribution in [3.05, 3.63) is 63.2 Å². The van der Waals surface area contributed by atoms with Gasteiger partial charge in [0.05, 0.1) is 19.8 Å². The van der Waals surface area contributed by atoms with E-state index in [-0.39, 0.29) is 24.0 Å². The van der Waals surface area contributed by atoms with Crippen LogP contribution in [0.5, 0.6) is 5.75 Å². The fraction of sp³-hybridized carbons (Fsp3) is 0.615. The summed E-state index contributed by atoms with van der Waals surface area (Å²) < 4.78 is 11.5. The Balaban J connectivity index is 1.90. The molecule has 2 aromatic rings. The number of ether oxygens (including phenoxy) is 2. The Morgan fingerprint density at radius 3 is 2.02 bits per heavy atom. The minimum atomic E-state index is -0.469. The fourth-order valence-electron chi connectivity index (χ4n) is 5.58. The van der Waals surface area contributed by atoms with Gasteiger partial charge in [0, 0.05) is 42.4 Å². The molecule has 0 aliphatic carbocycles. The largest absolute Gasteiger partial charge is 0.493 e. The molecule has 262 valence electrons. The molecule has 47 heavy (non-hydrogen) atoms. The quantitative estimate of drug-likeness (QED) is 0.0663. The highest BCUT2D eigenvalue weighted by molar-refractivity contribution is 6.17. The predicted octanol–water partition coefficient (Wildman–Crippen LogP) is 8.52. The lowest BCUT2D eigenvalue weighted by atomic mass is 9.90. The number of rotatable bonds is 24. The molecule has 7 nitrogen and oxygen atoms in total. The van der Waals surface area contributed by atoms with Gasteiger partial charge in [0.15, 0.2) is 5.78 Å². The van der Waals surface area contributed by atoms with Crippen LogP contribution in [0.2, 0.25) is 0 Å². The number of unbranched alkanes of at least 4 members (excludes halogenated alkanes) is 7. The van der Waals surface area contributed by atoms with Gasteiger partial charge in [-0.15, -0.1) is 11.6 Å². The summed E-state index contributed by atoms with van der Waals surface area (Å²) in [6.07, 6.45) is 10.6. The van der Waals surface area contributed by atoms with E-state index in [1.54, 1.807) is 0 Å². The summed E-state index contributed by atoms with van der Waals surface area (Å²) in [7, 11) is 0. The lowest BCUT2D eigenvalue weighted by molar-refractivity contribution is -0.125. The van der Waals surface area contributed by atoms with Crippen molar-refractivity contribution in [2.24, 2.45) is 5.92 Å². The Labute approximate surface area is 288 Å². The van der Waals surface area contributed by atoms with Gasteiger partial charge in [-0.2, -0.15) is 0 Å². The first kappa shape index (κ1) is 40.3. The van der Waals surface area contributed by atoms with E-state index in [0.717, 1.165) is 40.8 Å². The van der Waals surface area contributed by atoms with Crippen molar-refractivity contribution in [1.29, 1.82) is 0 Å². The van der Waals surface area contributed by atoms with E-state index in [4.69, 9.17) is 21.1 Å². The van der Waals surface area contributed by atoms with Gasteiger partial charge in [0.1, 0.15) is 5.75 Å². The number of hydrogen-bond acceptors (Lipinski definition) is 5. The molecule has 0 aliphatic heterocycles. The maximum absolute atomic E-state index is 13.3. The molecule has 0 bridgehead atoms. The SMILES string of the molecule is CCCCCCCCCOc1cc(C(=O)NCCCCC(CC(=O)c2cc(C)c(C)c(C)c2)C(=O)NCCOCCCl)cc(C)c1C. The zero-order valence-corrected chi connectivity index (χ0v) is 30.6. The summed E-state index contributed by atoms with van der Waals surface area (Å²) in [6, 6.07) is 7.57. The number of nitrogens with one attached hydrogen (secondary N) is 2. The summed E-state index contributed by atoms with van der Waals surface area (Å²) in [5.74, 6) is 0.366. The van der Waals surface area contributed by atoms with Crippen LogP contribution in [0, 0.1) is 40.5 Å². The Bertz CT molecular complexity index is 1260. The van der Waals surface area contributed by atoms with Gasteiger partial charge >= 0.3 is 0 Å². The van der Waals surface area contributed by atoms with Gasteiger partial charge in [-0.3, -0.25) is 14.4 Å². The molecular weight excluding hydrogens is 612 g/mol. The molecule has 1 unspecified atom stereocenters. The van der Waals surface area contributed by atoms with Crippen molar-refractivity contribution in [3.8, 4) is 5.75 Å². The number of benzene rings is 2. The first-order valence-corrected chi connectivity index (χ1v) is 18.2. The second kappa shape index (κ2) is 22.6. The summed E-state index contributed by atoms with van der Waals surface area (Å²) in [5.41, 5.74) is 6.62. The molecule has 0 saturated heterocycles. The number of carbonyl (C=O) groups excluding carboxylic acids is 3. The highest BCUT2D eigenvalue weighted by atomic mass is 35.5. The van der Waals surface area contributed by atoms with Crippen molar-refractivity contribution >= 4 is 29.2 Å². The second-order valence-electron chi connectivity index (χ2n) is 12.8. The molecule has 2 rings (SSSR count). The lowest BCUT2D eigenvalue weighted by Crippen LogP contribution is -2.34. The number of aryl methyl sites for hydroxylation is 3. The van der Waals surface area contributed by atoms with Crippen molar-refractivity contribution in [1.82, 2.24) is 10.6 Å². The molecule has 0 radical (unpaired) electrons. The van der Waals surface area contributed by atoms with Crippen LogP contribution >= 0.6 is 11.6 Å². The number of alkyl halides is 1. The fourth-order valence-corrected chi connectivity index (χ4v) is 5.69. The highest BCUT2D eigenvalue weighted by Gasteiger charge is 2.23. The number of Topliss-reactive ketones (excluding diaryl/α,β-unsaturated/α-hetero) is 1. The third-order valence-corrected chi connectivity index (χ3v) is 9.13. The molecule has 0 aliphatic rings. The van der Waals surface area contributed by atoms with E-state index in [0.29, 0.717) is 69.2 Å². The molecule has 2 aromatic carbocycles. The minimum Gasteiger partial charge on any atom is -0.493 e. The first-order chi connectivity index (χ1) is 22.6. The van der Waals surface area contributed by atoms with E-state index < -0.39 is 5.92 Å². The van der Waals surface area contributed by atoms with Crippen molar-refractivity contribution < 1.29 is 23.9 Å². The van der Waals surface area contributed by atoms with Gasteiger partial charge in [-0.25, -0.2) is 0 Å². The molecule has 2 N–H and O–H groups in total. The van der Waals surface area contributed by atoms with E-state index in [1.165, 1.54) is 37.7 Å². The van der Waals surface area contributed by atoms with Gasteiger partial charge in [0.25, 0.3) is 5.91 Å². The van der Waals surface area contributed by atoms with Crippen molar-refractivity contribution in [3.63, 3.8) is 0 Å². The van der Waals surface area contributed by atoms with Crippen LogP contribution in [-0.2, 0) is 9.53 Å². The molecule has 2 amide bonds. The Kier molecular flexibility index (Phi) is 19.4. The van der Waals surface area contributed by atoms with Crippen molar-refractivity contribution in [2.45, 2.75) is 112 Å². The molecular formula is C39H59ClN2O5. The normalized spacial score (nSPS) is 11.7. The molecule has 0 fully saturated rings. The number of amides is 2. The number of ketones is 1. The van der Waals surface area contributed by atoms with Gasteiger partial charge in [0.2, 0.25) is 5.91 Å². The number of carbonyl (C=O) groups is 3. The lowest BCUT2D eigenvalue weighted by Gasteiger charge is -2.17. The third kappa shape index (κ3) is 14.8. The molecule has 8 heteroatoms. The zero-order valence-electron chi connectivity index (χ0n) is 29.8. The second-order valence-corrected chi connectivity index (χ2v) is 13.2. The average molecular weight is 671 g/mol. The molecule has 0 saturated carbocycles. The maximum Gasteiger partial charge on any atom is 0.251 e. The van der Waals surface area contributed by atoms with E-state index >= 15 is 0 Å². The van der Waals surface area contributed by atoms with E-state index in [9.17, 15) is 14.4 Å². The predicted molar refractivity (Wildman–Crippen MR) is 193 cm³/mol. The number of hydrogen-bond donors (Lipinski definition) is 2. The monoisotopic (exact) mass is 670 g/mol. The smallest absolute Gasteiger partial charge is 0.251 e. The Morgan fingerprint density at radius 2 is 1.34 bits per heavy atom. The Hall–Kier alpha value is -2.90. The zero-order chi connectivity index (χ0) is 34.6. The van der Waals surface area contributed by atoms with Gasteiger partial charge in [-0.05, 0) is 106 Å². The number of halogens is 1. The summed E-state index contributed by atoms with van der Waals surface area (Å²) in [5, 5.41) is 5.94. The van der Waals surface area contributed by atoms with Gasteiger partial charge in [-0.1, -0.05) is 51.9 Å². The maximum atomic E-state index is 13.3. The topological polar surface area (TPSA) is 93.7 Å². The van der Waals surface area contributed by atoms with Crippen LogP contribution in [0.3, 0.4) is 0 Å². The average Bonchev–Trinajstić information content (AvgIpc) is 3.05. The standard InChI is InChI=1S/C39H59ClN2O5/c1-7-8-9-10-11-12-15-20-47-37-27-35(25-30(4)32(37)6)39(45)41-18-14-13-16-33(38(44)42-19-22-46-21-17-40)26-36(43)34-23-28(2)31(5)29(3)24-34/h23-25,27,33H,7-22,26H2,1-6H3,(H,41,45)(H,42,44). The van der Waals surface area contributed by atoms with Gasteiger partial charge < -0.3 is 20.1 Å². The van der Waals surface area contributed by atoms with Crippen LogP contribution in [-0.4, -0.2) is 56.4 Å². The highest BCUT2D eigenvalue weighted by Crippen LogP contribution is 2.25. The van der Waals surface area contributed by atoms with Crippen LogP contribution in [0.1, 0.15) is 126 Å². The minimum absolute atomic E-state index is 0.0391. The first-order valence-electron chi connectivity index (χ1n) is 17.6. The van der Waals surface area contributed by atoms with E-state index in [1.807, 2.05) is 58.9 Å². The summed E-state index contributed by atoms with van der Waals surface area (Å²) in [6.45, 7) is 14.6. The van der Waals surface area contributed by atoms with Crippen molar-refractivity contribution in [2.75, 3.05) is 38.8 Å². The van der Waals surface area contributed by atoms with E-state index in [2.05, 4.69) is 17.6 Å². The molecule has 0 spiro atoms. The molecule has 0 heterocycles. The third-order valence-electron chi connectivity index (χ3n) is 8.97. The van der Waals surface area contributed by atoms with Crippen LogP contribution in [0.4, 0.5) is 0 Å². The summed E-state index contributed by atoms with van der Waals surface area (Å²) >= 11 is 5.66. The summed E-state index contributed by atoms with van der Waals surface area (Å²) in [4.78, 5) is 39.4. The molecule has 0 aromatic heterocycles. The van der Waals surface area contributed by atoms with Crippen LogP contribution in [0.25, 0.3) is 0 Å². The van der Waals surface area contributed by atoms with Crippen LogP contribution in [0.15, 0.2) is 24.3 Å².